The Labute approximate surface area is 174 Å². The lowest BCUT2D eigenvalue weighted by Gasteiger charge is -2.09. The first-order valence-corrected chi connectivity index (χ1v) is 9.65. The zero-order chi connectivity index (χ0) is 21.3. The van der Waals surface area contributed by atoms with Crippen molar-refractivity contribution in [2.45, 2.75) is 26.4 Å². The SMILES string of the molecule is CCc1nccnc1-c1cc(F)cc(C(=O)NCCC(=O)OCc2ccccc2)c1. The van der Waals surface area contributed by atoms with Crippen LogP contribution in [0.4, 0.5) is 4.39 Å². The van der Waals surface area contributed by atoms with Crippen LogP contribution in [0.1, 0.15) is 35.0 Å². The van der Waals surface area contributed by atoms with E-state index in [-0.39, 0.29) is 25.1 Å². The number of benzene rings is 2. The molecule has 0 spiro atoms. The number of hydrogen-bond acceptors (Lipinski definition) is 5. The van der Waals surface area contributed by atoms with Gasteiger partial charge in [-0.1, -0.05) is 37.3 Å². The summed E-state index contributed by atoms with van der Waals surface area (Å²) >= 11 is 0. The summed E-state index contributed by atoms with van der Waals surface area (Å²) in [6.45, 7) is 2.19. The number of hydrogen-bond donors (Lipinski definition) is 1. The second-order valence-corrected chi connectivity index (χ2v) is 6.59. The standard InChI is InChI=1S/C23H22FN3O3/c1-2-20-22(26-11-10-25-20)17-12-18(14-19(24)13-17)23(29)27-9-8-21(28)30-15-16-6-4-3-5-7-16/h3-7,10-14H,2,8-9,15H2,1H3,(H,27,29). The molecule has 0 aliphatic rings. The predicted molar refractivity (Wildman–Crippen MR) is 110 cm³/mol. The number of nitrogens with zero attached hydrogens (tertiary/aromatic N) is 2. The van der Waals surface area contributed by atoms with Crippen molar-refractivity contribution in [2.75, 3.05) is 6.54 Å². The van der Waals surface area contributed by atoms with Gasteiger partial charge >= 0.3 is 5.97 Å². The Bertz CT molecular complexity index is 1030. The Morgan fingerprint density at radius 3 is 2.60 bits per heavy atom. The highest BCUT2D eigenvalue weighted by Gasteiger charge is 2.14. The van der Waals surface area contributed by atoms with Gasteiger partial charge in [-0.05, 0) is 30.2 Å². The first-order valence-electron chi connectivity index (χ1n) is 9.65. The van der Waals surface area contributed by atoms with Crippen LogP contribution in [0.15, 0.2) is 60.9 Å². The van der Waals surface area contributed by atoms with Crippen molar-refractivity contribution in [2.24, 2.45) is 0 Å². The van der Waals surface area contributed by atoms with E-state index in [1.54, 1.807) is 12.3 Å². The second-order valence-electron chi connectivity index (χ2n) is 6.59. The normalized spacial score (nSPS) is 10.5. The molecule has 0 saturated heterocycles. The lowest BCUT2D eigenvalue weighted by Crippen LogP contribution is -2.26. The average Bonchev–Trinajstić information content (AvgIpc) is 2.77. The molecule has 0 unspecified atom stereocenters. The molecule has 30 heavy (non-hydrogen) atoms. The molecule has 0 bridgehead atoms. The Balaban J connectivity index is 1.58. The van der Waals surface area contributed by atoms with Gasteiger partial charge in [0.2, 0.25) is 0 Å². The minimum atomic E-state index is -0.548. The third-order valence-electron chi connectivity index (χ3n) is 4.40. The summed E-state index contributed by atoms with van der Waals surface area (Å²) in [7, 11) is 0. The van der Waals surface area contributed by atoms with Crippen LogP contribution in [-0.4, -0.2) is 28.4 Å². The van der Waals surface area contributed by atoms with E-state index < -0.39 is 17.7 Å². The molecule has 1 aromatic heterocycles. The number of carbonyl (C=O) groups is 2. The lowest BCUT2D eigenvalue weighted by atomic mass is 10.0. The van der Waals surface area contributed by atoms with Gasteiger partial charge < -0.3 is 10.1 Å². The number of halogens is 1. The fourth-order valence-electron chi connectivity index (χ4n) is 2.91. The number of rotatable bonds is 8. The van der Waals surface area contributed by atoms with Gasteiger partial charge in [0.15, 0.2) is 0 Å². The average molecular weight is 407 g/mol. The van der Waals surface area contributed by atoms with E-state index in [2.05, 4.69) is 15.3 Å². The van der Waals surface area contributed by atoms with Crippen LogP contribution in [-0.2, 0) is 22.6 Å². The van der Waals surface area contributed by atoms with Crippen LogP contribution >= 0.6 is 0 Å². The topological polar surface area (TPSA) is 81.2 Å². The number of amides is 1. The summed E-state index contributed by atoms with van der Waals surface area (Å²) in [5.74, 6) is -1.45. The van der Waals surface area contributed by atoms with Gasteiger partial charge in [0.25, 0.3) is 5.91 Å². The monoisotopic (exact) mass is 407 g/mol. The van der Waals surface area contributed by atoms with Gasteiger partial charge in [0.1, 0.15) is 12.4 Å². The van der Waals surface area contributed by atoms with E-state index in [1.807, 2.05) is 37.3 Å². The Morgan fingerprint density at radius 1 is 1.07 bits per heavy atom. The number of nitrogens with one attached hydrogen (secondary N) is 1. The minimum Gasteiger partial charge on any atom is -0.461 e. The molecular formula is C23H22FN3O3. The smallest absolute Gasteiger partial charge is 0.307 e. The molecular weight excluding hydrogens is 385 g/mol. The van der Waals surface area contributed by atoms with Crippen molar-refractivity contribution >= 4 is 11.9 Å². The minimum absolute atomic E-state index is 0.0187. The summed E-state index contributed by atoms with van der Waals surface area (Å²) in [5, 5.41) is 2.62. The maximum absolute atomic E-state index is 14.1. The Morgan fingerprint density at radius 2 is 1.83 bits per heavy atom. The molecule has 1 N–H and O–H groups in total. The Kier molecular flexibility index (Phi) is 7.21. The van der Waals surface area contributed by atoms with Crippen molar-refractivity contribution in [3.8, 4) is 11.3 Å². The molecule has 1 amide bonds. The fourth-order valence-corrected chi connectivity index (χ4v) is 2.91. The summed E-state index contributed by atoms with van der Waals surface area (Å²) in [6.07, 6.45) is 3.75. The molecule has 3 rings (SSSR count). The third kappa shape index (κ3) is 5.70. The van der Waals surface area contributed by atoms with Crippen LogP contribution in [0.5, 0.6) is 0 Å². The molecule has 0 saturated carbocycles. The lowest BCUT2D eigenvalue weighted by molar-refractivity contribution is -0.144. The molecule has 6 nitrogen and oxygen atoms in total. The molecule has 154 valence electrons. The van der Waals surface area contributed by atoms with Crippen molar-refractivity contribution in [1.29, 1.82) is 0 Å². The van der Waals surface area contributed by atoms with E-state index >= 15 is 0 Å². The first-order chi connectivity index (χ1) is 14.6. The van der Waals surface area contributed by atoms with Crippen LogP contribution in [0.25, 0.3) is 11.3 Å². The van der Waals surface area contributed by atoms with Gasteiger partial charge in [0, 0.05) is 30.1 Å². The molecule has 7 heteroatoms. The molecule has 2 aromatic carbocycles. The largest absolute Gasteiger partial charge is 0.461 e. The van der Waals surface area contributed by atoms with E-state index in [1.165, 1.54) is 12.3 Å². The van der Waals surface area contributed by atoms with Crippen molar-refractivity contribution in [3.05, 3.63) is 83.6 Å². The van der Waals surface area contributed by atoms with E-state index in [9.17, 15) is 14.0 Å². The maximum Gasteiger partial charge on any atom is 0.307 e. The van der Waals surface area contributed by atoms with Crippen molar-refractivity contribution < 1.29 is 18.7 Å². The van der Waals surface area contributed by atoms with Crippen LogP contribution in [0.2, 0.25) is 0 Å². The van der Waals surface area contributed by atoms with Crippen molar-refractivity contribution in [1.82, 2.24) is 15.3 Å². The van der Waals surface area contributed by atoms with E-state index in [4.69, 9.17) is 4.74 Å². The predicted octanol–water partition coefficient (Wildman–Crippen LogP) is 3.71. The summed E-state index contributed by atoms with van der Waals surface area (Å²) in [6, 6.07) is 13.4. The molecule has 1 heterocycles. The highest BCUT2D eigenvalue weighted by Crippen LogP contribution is 2.23. The maximum atomic E-state index is 14.1. The van der Waals surface area contributed by atoms with Crippen molar-refractivity contribution in [3.63, 3.8) is 0 Å². The van der Waals surface area contributed by atoms with Gasteiger partial charge in [-0.15, -0.1) is 0 Å². The van der Waals surface area contributed by atoms with E-state index in [0.29, 0.717) is 17.7 Å². The summed E-state index contributed by atoms with van der Waals surface area (Å²) in [4.78, 5) is 32.8. The zero-order valence-corrected chi connectivity index (χ0v) is 16.6. The highest BCUT2D eigenvalue weighted by atomic mass is 19.1. The van der Waals surface area contributed by atoms with E-state index in [0.717, 1.165) is 17.3 Å². The molecule has 3 aromatic rings. The zero-order valence-electron chi connectivity index (χ0n) is 16.6. The van der Waals surface area contributed by atoms with Crippen LogP contribution in [0.3, 0.4) is 0 Å². The third-order valence-corrected chi connectivity index (χ3v) is 4.40. The number of aryl methyl sites for hydroxylation is 1. The number of esters is 1. The van der Waals surface area contributed by atoms with Crippen LogP contribution in [0, 0.1) is 5.82 Å². The van der Waals surface area contributed by atoms with Crippen LogP contribution < -0.4 is 5.32 Å². The molecule has 0 atom stereocenters. The van der Waals surface area contributed by atoms with Gasteiger partial charge in [-0.2, -0.15) is 0 Å². The second kappa shape index (κ2) is 10.2. The molecule has 0 aliphatic carbocycles. The first kappa shape index (κ1) is 21.1. The number of ether oxygens (including phenoxy) is 1. The van der Waals surface area contributed by atoms with Gasteiger partial charge in [0.05, 0.1) is 17.8 Å². The quantitative estimate of drug-likeness (QED) is 0.576. The summed E-state index contributed by atoms with van der Waals surface area (Å²) in [5.41, 5.74) is 2.77. The van der Waals surface area contributed by atoms with Gasteiger partial charge in [-0.3, -0.25) is 19.6 Å². The van der Waals surface area contributed by atoms with Gasteiger partial charge in [-0.25, -0.2) is 4.39 Å². The fraction of sp³-hybridized carbons (Fsp3) is 0.217. The number of carbonyl (C=O) groups excluding carboxylic acids is 2. The molecule has 0 fully saturated rings. The molecule has 0 radical (unpaired) electrons. The highest BCUT2D eigenvalue weighted by molar-refractivity contribution is 5.95. The Hall–Kier alpha value is -3.61. The number of aromatic nitrogens is 2. The molecule has 0 aliphatic heterocycles. The summed E-state index contributed by atoms with van der Waals surface area (Å²) < 4.78 is 19.3.